The molecule has 0 amide bonds. The van der Waals surface area contributed by atoms with Crippen molar-refractivity contribution < 1.29 is 4.74 Å². The molecule has 0 spiro atoms. The second kappa shape index (κ2) is 12.2. The first-order chi connectivity index (χ1) is 20.0. The molecule has 0 bridgehead atoms. The first kappa shape index (κ1) is 28.4. The largest absolute Gasteiger partial charge is 0.463 e. The molecule has 0 unspecified atom stereocenters. The maximum absolute atomic E-state index is 9.54. The summed E-state index contributed by atoms with van der Waals surface area (Å²) in [5.41, 5.74) is 3.29. The number of allylic oxidation sites excluding steroid dienone is 1. The van der Waals surface area contributed by atoms with Crippen molar-refractivity contribution in [3.05, 3.63) is 51.8 Å². The number of likely N-dealkylation sites (tertiary alicyclic amines) is 1. The number of aromatic nitrogens is 2. The highest BCUT2D eigenvalue weighted by molar-refractivity contribution is 6.43. The average molecular weight is 597 g/mol. The first-order valence-corrected chi connectivity index (χ1v) is 15.7. The number of nitrogens with zero attached hydrogens (tertiary/aromatic N) is 7. The third kappa shape index (κ3) is 6.23. The molecule has 8 nitrogen and oxygen atoms in total. The van der Waals surface area contributed by atoms with Crippen molar-refractivity contribution in [2.75, 3.05) is 62.2 Å². The minimum Gasteiger partial charge on any atom is -0.463 e. The number of rotatable bonds is 9. The molecule has 1 aromatic carbocycles. The highest BCUT2D eigenvalue weighted by atomic mass is 35.5. The van der Waals surface area contributed by atoms with Gasteiger partial charge in [-0.15, -0.1) is 0 Å². The summed E-state index contributed by atoms with van der Waals surface area (Å²) in [7, 11) is 0. The molecule has 1 aromatic heterocycles. The molecular formula is C31H39Cl2N7O. The molecule has 4 heterocycles. The Morgan fingerprint density at radius 2 is 1.93 bits per heavy atom. The van der Waals surface area contributed by atoms with Crippen LogP contribution < -0.4 is 14.5 Å². The number of hydrogen-bond donors (Lipinski definition) is 0. The molecule has 1 saturated carbocycles. The fourth-order valence-electron chi connectivity index (χ4n) is 6.55. The Morgan fingerprint density at radius 3 is 2.68 bits per heavy atom. The van der Waals surface area contributed by atoms with E-state index in [1.807, 2.05) is 31.2 Å². The molecule has 10 heteroatoms. The van der Waals surface area contributed by atoms with Crippen molar-refractivity contribution in [1.82, 2.24) is 19.8 Å². The predicted molar refractivity (Wildman–Crippen MR) is 164 cm³/mol. The number of benzene rings is 1. The Labute approximate surface area is 253 Å². The van der Waals surface area contributed by atoms with Crippen molar-refractivity contribution in [2.24, 2.45) is 5.41 Å². The minimum absolute atomic E-state index is 0.112. The van der Waals surface area contributed by atoms with Crippen LogP contribution in [0.25, 0.3) is 0 Å². The monoisotopic (exact) mass is 595 g/mol. The molecular weight excluding hydrogens is 557 g/mol. The summed E-state index contributed by atoms with van der Waals surface area (Å²) >= 11 is 13.0. The molecule has 3 aliphatic heterocycles. The molecule has 4 aliphatic rings. The number of fused-ring (bicyclic) bond motifs is 1. The van der Waals surface area contributed by atoms with E-state index in [-0.39, 0.29) is 11.5 Å². The maximum Gasteiger partial charge on any atom is 0.318 e. The number of nitriles is 1. The Kier molecular flexibility index (Phi) is 8.48. The molecule has 218 valence electrons. The molecule has 2 aromatic rings. The molecule has 41 heavy (non-hydrogen) atoms. The van der Waals surface area contributed by atoms with Crippen LogP contribution >= 0.6 is 23.2 Å². The normalized spacial score (nSPS) is 22.2. The van der Waals surface area contributed by atoms with Crippen molar-refractivity contribution in [3.8, 4) is 12.1 Å². The van der Waals surface area contributed by atoms with Gasteiger partial charge in [-0.1, -0.05) is 35.3 Å². The molecule has 1 aliphatic carbocycles. The van der Waals surface area contributed by atoms with Crippen molar-refractivity contribution in [1.29, 1.82) is 5.26 Å². The van der Waals surface area contributed by atoms with Gasteiger partial charge in [0.2, 0.25) is 0 Å². The smallest absolute Gasteiger partial charge is 0.318 e. The Morgan fingerprint density at radius 1 is 1.10 bits per heavy atom. The summed E-state index contributed by atoms with van der Waals surface area (Å²) in [4.78, 5) is 19.5. The second-order valence-corrected chi connectivity index (χ2v) is 12.7. The molecule has 1 atom stereocenters. The zero-order valence-electron chi connectivity index (χ0n) is 23.9. The maximum atomic E-state index is 9.54. The fourth-order valence-corrected chi connectivity index (χ4v) is 6.97. The van der Waals surface area contributed by atoms with Crippen LogP contribution in [0.3, 0.4) is 0 Å². The number of piperazine rings is 1. The van der Waals surface area contributed by atoms with Crippen molar-refractivity contribution in [3.63, 3.8) is 0 Å². The van der Waals surface area contributed by atoms with Gasteiger partial charge in [0.05, 0.1) is 53.1 Å². The lowest BCUT2D eigenvalue weighted by Gasteiger charge is -2.42. The van der Waals surface area contributed by atoms with E-state index in [1.54, 1.807) is 0 Å². The van der Waals surface area contributed by atoms with Crippen LogP contribution in [0, 0.1) is 16.7 Å². The third-order valence-electron chi connectivity index (χ3n) is 9.01. The van der Waals surface area contributed by atoms with Gasteiger partial charge in [-0.05, 0) is 70.5 Å². The van der Waals surface area contributed by atoms with Gasteiger partial charge in [0, 0.05) is 43.7 Å². The zero-order chi connectivity index (χ0) is 28.4. The van der Waals surface area contributed by atoms with Gasteiger partial charge >= 0.3 is 6.01 Å². The molecule has 0 radical (unpaired) electrons. The lowest BCUT2D eigenvalue weighted by molar-refractivity contribution is 0.169. The molecule has 3 fully saturated rings. The van der Waals surface area contributed by atoms with Gasteiger partial charge in [-0.25, -0.2) is 0 Å². The SMILES string of the molecule is CC=CN1CCN(c2nc(OCC3(CN4CCCC4)CC3)nc3c2CCN(c2cccc(Cl)c2Cl)C3)C[C@@H]1CC#N. The average Bonchev–Trinajstić information content (AvgIpc) is 3.55. The van der Waals surface area contributed by atoms with E-state index in [2.05, 4.69) is 31.9 Å². The Hall–Kier alpha value is -2.73. The van der Waals surface area contributed by atoms with Crippen molar-refractivity contribution >= 4 is 34.7 Å². The minimum atomic E-state index is 0.112. The number of anilines is 2. The lowest BCUT2D eigenvalue weighted by atomic mass is 10.0. The van der Waals surface area contributed by atoms with Crippen LogP contribution in [0.4, 0.5) is 11.5 Å². The van der Waals surface area contributed by atoms with Gasteiger partial charge in [0.25, 0.3) is 0 Å². The zero-order valence-corrected chi connectivity index (χ0v) is 25.4. The van der Waals surface area contributed by atoms with Crippen LogP contribution in [0.1, 0.15) is 50.3 Å². The van der Waals surface area contributed by atoms with Crippen LogP contribution in [0.2, 0.25) is 10.0 Å². The van der Waals surface area contributed by atoms with Gasteiger partial charge in [0.1, 0.15) is 5.82 Å². The van der Waals surface area contributed by atoms with E-state index in [1.165, 1.54) is 44.3 Å². The summed E-state index contributed by atoms with van der Waals surface area (Å²) in [6.45, 7) is 10.00. The van der Waals surface area contributed by atoms with E-state index in [0.717, 1.165) is 56.3 Å². The van der Waals surface area contributed by atoms with Crippen LogP contribution in [-0.2, 0) is 13.0 Å². The van der Waals surface area contributed by atoms with E-state index < -0.39 is 0 Å². The van der Waals surface area contributed by atoms with Gasteiger partial charge in [0.15, 0.2) is 0 Å². The molecule has 6 rings (SSSR count). The van der Waals surface area contributed by atoms with E-state index in [4.69, 9.17) is 37.9 Å². The highest BCUT2D eigenvalue weighted by Crippen LogP contribution is 2.47. The highest BCUT2D eigenvalue weighted by Gasteiger charge is 2.45. The summed E-state index contributed by atoms with van der Waals surface area (Å²) in [6, 6.07) is 8.72. The van der Waals surface area contributed by atoms with Crippen LogP contribution in [0.15, 0.2) is 30.5 Å². The van der Waals surface area contributed by atoms with Gasteiger partial charge in [-0.2, -0.15) is 15.2 Å². The fraction of sp³-hybridized carbons (Fsp3) is 0.581. The quantitative estimate of drug-likeness (QED) is 0.374. The number of ether oxygens (including phenoxy) is 1. The third-order valence-corrected chi connectivity index (χ3v) is 9.82. The Balaban J connectivity index is 1.28. The lowest BCUT2D eigenvalue weighted by Crippen LogP contribution is -2.51. The Bertz CT molecular complexity index is 1320. The number of halogens is 2. The summed E-state index contributed by atoms with van der Waals surface area (Å²) < 4.78 is 6.44. The second-order valence-electron chi connectivity index (χ2n) is 12.0. The van der Waals surface area contributed by atoms with Gasteiger partial charge < -0.3 is 24.3 Å². The summed E-state index contributed by atoms with van der Waals surface area (Å²) in [5, 5.41) is 10.7. The van der Waals surface area contributed by atoms with Crippen molar-refractivity contribution in [2.45, 2.75) is 58.0 Å². The van der Waals surface area contributed by atoms with Crippen LogP contribution in [0.5, 0.6) is 6.01 Å². The summed E-state index contributed by atoms with van der Waals surface area (Å²) in [6.07, 6.45) is 10.4. The predicted octanol–water partition coefficient (Wildman–Crippen LogP) is 5.54. The van der Waals surface area contributed by atoms with E-state index in [0.29, 0.717) is 35.6 Å². The molecule has 0 N–H and O–H groups in total. The first-order valence-electron chi connectivity index (χ1n) is 14.9. The molecule has 2 saturated heterocycles. The standard InChI is InChI=1S/C31H39Cl2N7O/c1-2-13-38-17-18-40(19-23(38)8-12-34)29-24-9-16-39(27-7-5-6-25(32)28(27)33)20-26(24)35-30(36-29)41-22-31(10-11-31)21-37-14-3-4-15-37/h2,5-7,13,23H,3-4,8-11,14-22H2,1H3/t23-/m0/s1. The van der Waals surface area contributed by atoms with E-state index in [9.17, 15) is 5.26 Å². The van der Waals surface area contributed by atoms with E-state index >= 15 is 0 Å². The number of hydrogen-bond acceptors (Lipinski definition) is 8. The topological polar surface area (TPSA) is 71.8 Å². The van der Waals surface area contributed by atoms with Gasteiger partial charge in [-0.3, -0.25) is 0 Å². The summed E-state index contributed by atoms with van der Waals surface area (Å²) in [5.74, 6) is 0.953. The van der Waals surface area contributed by atoms with Crippen LogP contribution in [-0.4, -0.2) is 78.2 Å².